The first kappa shape index (κ1) is 12.7. The van der Waals surface area contributed by atoms with Gasteiger partial charge < -0.3 is 10.4 Å². The van der Waals surface area contributed by atoms with Gasteiger partial charge in [0.2, 0.25) is 0 Å². The maximum absolute atomic E-state index is 12.0. The average molecular weight is 260 g/mol. The van der Waals surface area contributed by atoms with E-state index in [1.54, 1.807) is 20.0 Å². The molecule has 1 amide bonds. The van der Waals surface area contributed by atoms with E-state index in [-0.39, 0.29) is 11.4 Å². The molecule has 7 nitrogen and oxygen atoms in total. The Morgan fingerprint density at radius 3 is 2.68 bits per heavy atom. The van der Waals surface area contributed by atoms with Crippen molar-refractivity contribution in [2.24, 2.45) is 7.05 Å². The fraction of sp³-hybridized carbons (Fsp3) is 0.167. The van der Waals surface area contributed by atoms with Crippen molar-refractivity contribution < 1.29 is 14.7 Å². The zero-order chi connectivity index (χ0) is 14.0. The molecule has 0 aliphatic rings. The average Bonchev–Trinajstić information content (AvgIpc) is 2.69. The summed E-state index contributed by atoms with van der Waals surface area (Å²) in [7, 11) is 1.66. The molecule has 2 aromatic rings. The van der Waals surface area contributed by atoms with Gasteiger partial charge in [-0.3, -0.25) is 9.48 Å². The highest BCUT2D eigenvalue weighted by molar-refractivity contribution is 6.03. The van der Waals surface area contributed by atoms with E-state index >= 15 is 0 Å². The Morgan fingerprint density at radius 2 is 2.11 bits per heavy atom. The molecule has 19 heavy (non-hydrogen) atoms. The Hall–Kier alpha value is -2.70. The van der Waals surface area contributed by atoms with Crippen LogP contribution in [0.15, 0.2) is 24.4 Å². The molecule has 0 spiro atoms. The smallest absolute Gasteiger partial charge is 0.335 e. The van der Waals surface area contributed by atoms with Gasteiger partial charge in [-0.15, -0.1) is 0 Å². The summed E-state index contributed by atoms with van der Waals surface area (Å²) in [6.45, 7) is 1.78. The standard InChI is InChI=1S/C12H12N4O3/c1-7-5-9(16(2)15-7)11(17)14-10-6-8(12(18)19)3-4-13-10/h3-6H,1-2H3,(H,18,19)(H,13,14,17). The van der Waals surface area contributed by atoms with Crippen LogP contribution < -0.4 is 5.32 Å². The van der Waals surface area contributed by atoms with E-state index in [1.165, 1.54) is 23.0 Å². The van der Waals surface area contributed by atoms with Gasteiger partial charge in [0, 0.05) is 13.2 Å². The lowest BCUT2D eigenvalue weighted by Gasteiger charge is -2.04. The van der Waals surface area contributed by atoms with Crippen molar-refractivity contribution in [2.45, 2.75) is 6.92 Å². The number of aromatic carboxylic acids is 1. The molecule has 0 fully saturated rings. The first-order valence-corrected chi connectivity index (χ1v) is 5.48. The second-order valence-corrected chi connectivity index (χ2v) is 3.98. The number of pyridine rings is 1. The summed E-state index contributed by atoms with van der Waals surface area (Å²) in [6.07, 6.45) is 1.33. The molecule has 0 aliphatic heterocycles. The molecular formula is C12H12N4O3. The number of hydrogen-bond acceptors (Lipinski definition) is 4. The summed E-state index contributed by atoms with van der Waals surface area (Å²) in [5, 5.41) is 15.4. The van der Waals surface area contributed by atoms with Gasteiger partial charge in [0.05, 0.1) is 11.3 Å². The molecular weight excluding hydrogens is 248 g/mol. The van der Waals surface area contributed by atoms with E-state index in [2.05, 4.69) is 15.4 Å². The van der Waals surface area contributed by atoms with E-state index in [0.717, 1.165) is 5.69 Å². The number of hydrogen-bond donors (Lipinski definition) is 2. The molecule has 0 saturated carbocycles. The van der Waals surface area contributed by atoms with Crippen molar-refractivity contribution in [3.05, 3.63) is 41.3 Å². The normalized spacial score (nSPS) is 10.2. The van der Waals surface area contributed by atoms with E-state index in [0.29, 0.717) is 5.69 Å². The molecule has 98 valence electrons. The maximum Gasteiger partial charge on any atom is 0.335 e. The van der Waals surface area contributed by atoms with Crippen LogP contribution in [0.1, 0.15) is 26.5 Å². The van der Waals surface area contributed by atoms with Gasteiger partial charge in [-0.2, -0.15) is 5.10 Å². The molecule has 2 aromatic heterocycles. The van der Waals surface area contributed by atoms with Crippen LogP contribution in [-0.2, 0) is 7.05 Å². The van der Waals surface area contributed by atoms with Gasteiger partial charge in [-0.25, -0.2) is 9.78 Å². The fourth-order valence-corrected chi connectivity index (χ4v) is 1.64. The molecule has 0 aliphatic carbocycles. The van der Waals surface area contributed by atoms with Gasteiger partial charge in [0.1, 0.15) is 11.5 Å². The third-order valence-electron chi connectivity index (χ3n) is 2.48. The Balaban J connectivity index is 2.21. The number of aryl methyl sites for hydroxylation is 2. The molecule has 0 saturated heterocycles. The van der Waals surface area contributed by atoms with Crippen LogP contribution >= 0.6 is 0 Å². The van der Waals surface area contributed by atoms with Crippen molar-refractivity contribution in [3.8, 4) is 0 Å². The quantitative estimate of drug-likeness (QED) is 0.860. The predicted molar refractivity (Wildman–Crippen MR) is 67.1 cm³/mol. The summed E-state index contributed by atoms with van der Waals surface area (Å²) in [4.78, 5) is 26.7. The largest absolute Gasteiger partial charge is 0.478 e. The molecule has 0 bridgehead atoms. The number of amides is 1. The Morgan fingerprint density at radius 1 is 1.37 bits per heavy atom. The summed E-state index contributed by atoms with van der Waals surface area (Å²) in [5.74, 6) is -1.28. The van der Waals surface area contributed by atoms with Gasteiger partial charge in [0.15, 0.2) is 0 Å². The minimum absolute atomic E-state index is 0.0616. The van der Waals surface area contributed by atoms with Crippen LogP contribution in [0.3, 0.4) is 0 Å². The molecule has 2 rings (SSSR count). The van der Waals surface area contributed by atoms with Crippen molar-refractivity contribution in [1.82, 2.24) is 14.8 Å². The minimum atomic E-state index is -1.07. The third-order valence-corrected chi connectivity index (χ3v) is 2.48. The predicted octanol–water partition coefficient (Wildman–Crippen LogP) is 1.07. The van der Waals surface area contributed by atoms with Crippen LogP contribution in [0, 0.1) is 6.92 Å². The Bertz CT molecular complexity index is 648. The molecule has 0 unspecified atom stereocenters. The summed E-state index contributed by atoms with van der Waals surface area (Å²) < 4.78 is 1.45. The van der Waals surface area contributed by atoms with Crippen molar-refractivity contribution in [2.75, 3.05) is 5.32 Å². The van der Waals surface area contributed by atoms with E-state index in [4.69, 9.17) is 5.11 Å². The minimum Gasteiger partial charge on any atom is -0.478 e. The highest BCUT2D eigenvalue weighted by Crippen LogP contribution is 2.09. The number of nitrogens with one attached hydrogen (secondary N) is 1. The third kappa shape index (κ3) is 2.76. The second-order valence-electron chi connectivity index (χ2n) is 3.98. The van der Waals surface area contributed by atoms with Crippen LogP contribution in [-0.4, -0.2) is 31.7 Å². The second kappa shape index (κ2) is 4.89. The number of carbonyl (C=O) groups is 2. The van der Waals surface area contributed by atoms with E-state index in [1.807, 2.05) is 0 Å². The first-order chi connectivity index (χ1) is 8.97. The molecule has 7 heteroatoms. The molecule has 2 heterocycles. The van der Waals surface area contributed by atoms with Gasteiger partial charge in [-0.05, 0) is 25.1 Å². The molecule has 0 radical (unpaired) electrons. The number of carbonyl (C=O) groups excluding carboxylic acids is 1. The lowest BCUT2D eigenvalue weighted by atomic mass is 10.2. The van der Waals surface area contributed by atoms with Gasteiger partial charge >= 0.3 is 5.97 Å². The van der Waals surface area contributed by atoms with E-state index in [9.17, 15) is 9.59 Å². The zero-order valence-electron chi connectivity index (χ0n) is 10.4. The highest BCUT2D eigenvalue weighted by atomic mass is 16.4. The summed E-state index contributed by atoms with van der Waals surface area (Å²) in [6, 6.07) is 4.28. The zero-order valence-corrected chi connectivity index (χ0v) is 10.4. The molecule has 0 aromatic carbocycles. The van der Waals surface area contributed by atoms with Crippen LogP contribution in [0.4, 0.5) is 5.82 Å². The number of aromatic nitrogens is 3. The SMILES string of the molecule is Cc1cc(C(=O)Nc2cc(C(=O)O)ccn2)n(C)n1. The summed E-state index contributed by atoms with van der Waals surface area (Å²) in [5.41, 5.74) is 1.16. The van der Waals surface area contributed by atoms with Gasteiger partial charge in [0.25, 0.3) is 5.91 Å². The van der Waals surface area contributed by atoms with Crippen molar-refractivity contribution >= 4 is 17.7 Å². The number of carboxylic acid groups (broad SMARTS) is 1. The number of anilines is 1. The van der Waals surface area contributed by atoms with Crippen LogP contribution in [0.2, 0.25) is 0 Å². The highest BCUT2D eigenvalue weighted by Gasteiger charge is 2.13. The Labute approximate surface area is 108 Å². The van der Waals surface area contributed by atoms with Crippen molar-refractivity contribution in [1.29, 1.82) is 0 Å². The van der Waals surface area contributed by atoms with Crippen LogP contribution in [0.5, 0.6) is 0 Å². The van der Waals surface area contributed by atoms with Crippen LogP contribution in [0.25, 0.3) is 0 Å². The number of nitrogens with zero attached hydrogens (tertiary/aromatic N) is 3. The first-order valence-electron chi connectivity index (χ1n) is 5.48. The Kier molecular flexibility index (Phi) is 3.28. The van der Waals surface area contributed by atoms with Gasteiger partial charge in [-0.1, -0.05) is 0 Å². The topological polar surface area (TPSA) is 97.1 Å². The van der Waals surface area contributed by atoms with E-state index < -0.39 is 11.9 Å². The lowest BCUT2D eigenvalue weighted by Crippen LogP contribution is -2.17. The maximum atomic E-state index is 12.0. The summed E-state index contributed by atoms with van der Waals surface area (Å²) >= 11 is 0. The van der Waals surface area contributed by atoms with Crippen molar-refractivity contribution in [3.63, 3.8) is 0 Å². The number of carboxylic acids is 1. The fourth-order valence-electron chi connectivity index (χ4n) is 1.64. The molecule has 0 atom stereocenters. The monoisotopic (exact) mass is 260 g/mol. The number of rotatable bonds is 3. The molecule has 2 N–H and O–H groups in total. The lowest BCUT2D eigenvalue weighted by molar-refractivity contribution is 0.0696.